The van der Waals surface area contributed by atoms with Crippen molar-refractivity contribution in [1.29, 1.82) is 0 Å². The highest BCUT2D eigenvalue weighted by atomic mass is 19.1. The van der Waals surface area contributed by atoms with Gasteiger partial charge in [0.2, 0.25) is 5.91 Å². The molecule has 0 aromatic heterocycles. The van der Waals surface area contributed by atoms with Crippen molar-refractivity contribution in [2.45, 2.75) is 46.1 Å². The molecule has 1 aliphatic heterocycles. The third-order valence-corrected chi connectivity index (χ3v) is 4.60. The summed E-state index contributed by atoms with van der Waals surface area (Å²) in [6.07, 6.45) is 3.63. The van der Waals surface area contributed by atoms with Crippen molar-refractivity contribution in [3.8, 4) is 5.75 Å². The maximum absolute atomic E-state index is 14.0. The minimum Gasteiger partial charge on any atom is -0.489 e. The second-order valence-electron chi connectivity index (χ2n) is 6.53. The molecule has 3 rings (SSSR count). The lowest BCUT2D eigenvalue weighted by Crippen LogP contribution is -2.33. The summed E-state index contributed by atoms with van der Waals surface area (Å²) in [7, 11) is 0. The predicted molar refractivity (Wildman–Crippen MR) is 97.5 cm³/mol. The molecule has 0 saturated carbocycles. The van der Waals surface area contributed by atoms with Crippen LogP contribution in [0.1, 0.15) is 43.4 Å². The molecular weight excluding hydrogens is 317 g/mol. The fraction of sp³-hybridized carbons (Fsp3) is 0.381. The zero-order chi connectivity index (χ0) is 17.8. The molecule has 0 bridgehead atoms. The van der Waals surface area contributed by atoms with Crippen LogP contribution in [0.4, 0.5) is 10.1 Å². The van der Waals surface area contributed by atoms with Crippen LogP contribution in [-0.4, -0.2) is 12.5 Å². The summed E-state index contributed by atoms with van der Waals surface area (Å²) in [6.45, 7) is 4.74. The summed E-state index contributed by atoms with van der Waals surface area (Å²) >= 11 is 0. The molecule has 0 atom stereocenters. The van der Waals surface area contributed by atoms with Gasteiger partial charge in [0, 0.05) is 25.2 Å². The molecule has 0 unspecified atom stereocenters. The first-order chi connectivity index (χ1) is 12.1. The number of fused-ring (bicyclic) bond motifs is 1. The highest BCUT2D eigenvalue weighted by molar-refractivity contribution is 5.92. The van der Waals surface area contributed by atoms with Gasteiger partial charge in [0.05, 0.1) is 0 Å². The second kappa shape index (κ2) is 7.68. The quantitative estimate of drug-likeness (QED) is 0.792. The summed E-state index contributed by atoms with van der Waals surface area (Å²) in [5.74, 6) is 0.374. The monoisotopic (exact) mass is 341 g/mol. The lowest BCUT2D eigenvalue weighted by Gasteiger charge is -2.29. The fourth-order valence-corrected chi connectivity index (χ4v) is 3.29. The van der Waals surface area contributed by atoms with E-state index in [-0.39, 0.29) is 11.7 Å². The highest BCUT2D eigenvalue weighted by Crippen LogP contribution is 2.29. The van der Waals surface area contributed by atoms with Crippen molar-refractivity contribution in [3.05, 3.63) is 58.9 Å². The fourth-order valence-electron chi connectivity index (χ4n) is 3.29. The van der Waals surface area contributed by atoms with Crippen LogP contribution in [0, 0.1) is 5.82 Å². The molecule has 3 nitrogen and oxygen atoms in total. The number of carbonyl (C=O) groups excluding carboxylic acids is 1. The van der Waals surface area contributed by atoms with Gasteiger partial charge in [0.15, 0.2) is 0 Å². The van der Waals surface area contributed by atoms with E-state index in [9.17, 15) is 9.18 Å². The highest BCUT2D eigenvalue weighted by Gasteiger charge is 2.20. The third kappa shape index (κ3) is 4.01. The lowest BCUT2D eigenvalue weighted by atomic mass is 9.99. The Hall–Kier alpha value is -2.36. The van der Waals surface area contributed by atoms with E-state index >= 15 is 0 Å². The summed E-state index contributed by atoms with van der Waals surface area (Å²) in [5.41, 5.74) is 3.87. The van der Waals surface area contributed by atoms with Crippen LogP contribution in [0.25, 0.3) is 0 Å². The zero-order valence-corrected chi connectivity index (χ0v) is 14.8. The van der Waals surface area contributed by atoms with Gasteiger partial charge in [-0.2, -0.15) is 0 Å². The van der Waals surface area contributed by atoms with Crippen LogP contribution >= 0.6 is 0 Å². The first kappa shape index (κ1) is 17.5. The molecule has 0 N–H and O–H groups in total. The molecular formula is C21H24FNO2. The maximum atomic E-state index is 14.0. The number of amides is 1. The van der Waals surface area contributed by atoms with Gasteiger partial charge < -0.3 is 9.64 Å². The van der Waals surface area contributed by atoms with E-state index in [0.717, 1.165) is 49.0 Å². The number of aryl methyl sites for hydroxylation is 2. The summed E-state index contributed by atoms with van der Waals surface area (Å²) in [4.78, 5) is 13.6. The minimum absolute atomic E-state index is 0.0626. The Balaban J connectivity index is 1.73. The Kier molecular flexibility index (Phi) is 5.37. The molecule has 0 fully saturated rings. The van der Waals surface area contributed by atoms with Crippen molar-refractivity contribution >= 4 is 11.6 Å². The molecule has 1 heterocycles. The van der Waals surface area contributed by atoms with Gasteiger partial charge in [-0.15, -0.1) is 0 Å². The average molecular weight is 341 g/mol. The second-order valence-corrected chi connectivity index (χ2v) is 6.53. The zero-order valence-electron chi connectivity index (χ0n) is 14.8. The first-order valence-electron chi connectivity index (χ1n) is 8.89. The van der Waals surface area contributed by atoms with Gasteiger partial charge in [-0.3, -0.25) is 4.79 Å². The Morgan fingerprint density at radius 3 is 2.80 bits per heavy atom. The summed E-state index contributed by atoms with van der Waals surface area (Å²) in [6, 6.07) is 11.1. The number of benzene rings is 2. The number of halogens is 1. The Morgan fingerprint density at radius 2 is 2.08 bits per heavy atom. The molecule has 132 valence electrons. The Labute approximate surface area is 148 Å². The van der Waals surface area contributed by atoms with Crippen LogP contribution in [0.15, 0.2) is 36.4 Å². The van der Waals surface area contributed by atoms with Crippen LogP contribution in [-0.2, 0) is 24.2 Å². The minimum atomic E-state index is -0.215. The number of carbonyl (C=O) groups is 1. The number of ether oxygens (including phenoxy) is 1. The molecule has 0 radical (unpaired) electrons. The van der Waals surface area contributed by atoms with Crippen LogP contribution in [0.2, 0.25) is 0 Å². The van der Waals surface area contributed by atoms with E-state index in [1.807, 2.05) is 30.0 Å². The topological polar surface area (TPSA) is 29.5 Å². The van der Waals surface area contributed by atoms with Crippen molar-refractivity contribution < 1.29 is 13.9 Å². The number of anilines is 1. The smallest absolute Gasteiger partial charge is 0.223 e. The Morgan fingerprint density at radius 1 is 1.24 bits per heavy atom. The molecule has 1 amide bonds. The standard InChI is InChI=1S/C21H24FNO2/c1-3-5-17-9-10-19(13-20(17)22)25-14-16-7-8-18-6-4-11-23(15(2)24)21(18)12-16/h7-10,12-13H,3-6,11,14H2,1-2H3. The van der Waals surface area contributed by atoms with E-state index in [4.69, 9.17) is 4.74 Å². The van der Waals surface area contributed by atoms with Crippen molar-refractivity contribution in [1.82, 2.24) is 0 Å². The van der Waals surface area contributed by atoms with E-state index < -0.39 is 0 Å². The number of hydrogen-bond acceptors (Lipinski definition) is 2. The van der Waals surface area contributed by atoms with E-state index in [1.54, 1.807) is 13.0 Å². The molecule has 0 saturated heterocycles. The van der Waals surface area contributed by atoms with Crippen LogP contribution in [0.5, 0.6) is 5.75 Å². The SMILES string of the molecule is CCCc1ccc(OCc2ccc3c(c2)N(C(C)=O)CCC3)cc1F. The largest absolute Gasteiger partial charge is 0.489 e. The average Bonchev–Trinajstić information content (AvgIpc) is 2.61. The molecule has 4 heteroatoms. The van der Waals surface area contributed by atoms with Crippen LogP contribution in [0.3, 0.4) is 0 Å². The number of nitrogens with zero attached hydrogens (tertiary/aromatic N) is 1. The van der Waals surface area contributed by atoms with E-state index in [1.165, 1.54) is 11.6 Å². The molecule has 1 aliphatic rings. The summed E-state index contributed by atoms with van der Waals surface area (Å²) in [5, 5.41) is 0. The maximum Gasteiger partial charge on any atom is 0.223 e. The van der Waals surface area contributed by atoms with Crippen molar-refractivity contribution in [2.75, 3.05) is 11.4 Å². The van der Waals surface area contributed by atoms with Gasteiger partial charge in [-0.25, -0.2) is 4.39 Å². The molecule has 0 aliphatic carbocycles. The first-order valence-corrected chi connectivity index (χ1v) is 8.89. The third-order valence-electron chi connectivity index (χ3n) is 4.60. The van der Waals surface area contributed by atoms with Gasteiger partial charge in [0.1, 0.15) is 18.2 Å². The van der Waals surface area contributed by atoms with Gasteiger partial charge >= 0.3 is 0 Å². The summed E-state index contributed by atoms with van der Waals surface area (Å²) < 4.78 is 19.8. The van der Waals surface area contributed by atoms with Gasteiger partial charge in [0.25, 0.3) is 0 Å². The van der Waals surface area contributed by atoms with Gasteiger partial charge in [-0.05, 0) is 48.1 Å². The van der Waals surface area contributed by atoms with Crippen LogP contribution < -0.4 is 9.64 Å². The van der Waals surface area contributed by atoms with Crippen molar-refractivity contribution in [3.63, 3.8) is 0 Å². The van der Waals surface area contributed by atoms with Gasteiger partial charge in [-0.1, -0.05) is 31.5 Å². The number of rotatable bonds is 5. The Bertz CT molecular complexity index is 772. The van der Waals surface area contributed by atoms with E-state index in [2.05, 4.69) is 6.07 Å². The molecule has 0 spiro atoms. The molecule has 2 aromatic carbocycles. The molecule has 2 aromatic rings. The predicted octanol–water partition coefficient (Wildman–Crippen LogP) is 4.66. The lowest BCUT2D eigenvalue weighted by molar-refractivity contribution is -0.116. The van der Waals surface area contributed by atoms with E-state index in [0.29, 0.717) is 12.4 Å². The van der Waals surface area contributed by atoms with Crippen molar-refractivity contribution in [2.24, 2.45) is 0 Å². The molecule has 25 heavy (non-hydrogen) atoms. The number of hydrogen-bond donors (Lipinski definition) is 0. The normalized spacial score (nSPS) is 13.5.